The van der Waals surface area contributed by atoms with Crippen molar-refractivity contribution in [2.45, 2.75) is 25.7 Å². The molecular weight excluding hydrogens is 494 g/mol. The lowest BCUT2D eigenvalue weighted by molar-refractivity contribution is -0.138. The van der Waals surface area contributed by atoms with Crippen molar-refractivity contribution in [2.24, 2.45) is 0 Å². The number of fused-ring (bicyclic) bond motifs is 1. The Morgan fingerprint density at radius 2 is 2.00 bits per heavy atom. The number of carbonyl (C=O) groups excluding carboxylic acids is 2. The lowest BCUT2D eigenvalue weighted by atomic mass is 10.1. The van der Waals surface area contributed by atoms with Crippen LogP contribution >= 0.6 is 11.3 Å². The number of carbonyl (C=O) groups is 2. The SMILES string of the molecule is COc1ccc2cc(C(=O)NCCCOC(=O)/C(C#N)=C/c3ccc(N4CCCCC4)s3)c(=O)oc2c1. The van der Waals surface area contributed by atoms with Crippen molar-refractivity contribution in [1.82, 2.24) is 5.32 Å². The van der Waals surface area contributed by atoms with E-state index in [4.69, 9.17) is 13.9 Å². The van der Waals surface area contributed by atoms with Crippen LogP contribution in [0, 0.1) is 11.3 Å². The summed E-state index contributed by atoms with van der Waals surface area (Å²) in [5.41, 5.74) is -0.643. The Hall–Kier alpha value is -4.10. The molecule has 1 saturated heterocycles. The number of anilines is 1. The fourth-order valence-corrected chi connectivity index (χ4v) is 4.97. The zero-order valence-corrected chi connectivity index (χ0v) is 21.3. The van der Waals surface area contributed by atoms with Crippen LogP contribution in [0.15, 0.2) is 51.2 Å². The molecule has 1 aliphatic rings. The molecule has 1 fully saturated rings. The quantitative estimate of drug-likeness (QED) is 0.147. The summed E-state index contributed by atoms with van der Waals surface area (Å²) in [5, 5.41) is 13.8. The van der Waals surface area contributed by atoms with Crippen LogP contribution in [0.3, 0.4) is 0 Å². The number of hydrogen-bond acceptors (Lipinski definition) is 9. The van der Waals surface area contributed by atoms with Gasteiger partial charge in [0.1, 0.15) is 28.5 Å². The highest BCUT2D eigenvalue weighted by Crippen LogP contribution is 2.30. The van der Waals surface area contributed by atoms with E-state index in [-0.39, 0.29) is 24.3 Å². The molecule has 0 unspecified atom stereocenters. The van der Waals surface area contributed by atoms with E-state index in [1.54, 1.807) is 29.5 Å². The molecule has 192 valence electrons. The topological polar surface area (TPSA) is 122 Å². The minimum Gasteiger partial charge on any atom is -0.497 e. The van der Waals surface area contributed by atoms with Crippen molar-refractivity contribution in [3.05, 3.63) is 62.8 Å². The molecule has 1 aliphatic heterocycles. The highest BCUT2D eigenvalue weighted by atomic mass is 32.1. The van der Waals surface area contributed by atoms with Crippen molar-refractivity contribution >= 4 is 45.3 Å². The summed E-state index contributed by atoms with van der Waals surface area (Å²) in [4.78, 5) is 40.2. The van der Waals surface area contributed by atoms with Crippen LogP contribution in [-0.4, -0.2) is 45.2 Å². The molecule has 4 rings (SSSR count). The molecule has 0 radical (unpaired) electrons. The van der Waals surface area contributed by atoms with Crippen molar-refractivity contribution in [3.8, 4) is 11.8 Å². The van der Waals surface area contributed by atoms with Gasteiger partial charge in [0.15, 0.2) is 0 Å². The number of hydrogen-bond donors (Lipinski definition) is 1. The zero-order valence-electron chi connectivity index (χ0n) is 20.5. The normalized spacial score (nSPS) is 13.7. The summed E-state index contributed by atoms with van der Waals surface area (Å²) in [6.45, 7) is 2.22. The van der Waals surface area contributed by atoms with E-state index in [0.29, 0.717) is 23.1 Å². The summed E-state index contributed by atoms with van der Waals surface area (Å²) < 4.78 is 15.5. The average molecular weight is 522 g/mol. The van der Waals surface area contributed by atoms with Gasteiger partial charge < -0.3 is 24.1 Å². The van der Waals surface area contributed by atoms with Crippen molar-refractivity contribution in [2.75, 3.05) is 38.3 Å². The summed E-state index contributed by atoms with van der Waals surface area (Å²) >= 11 is 1.54. The van der Waals surface area contributed by atoms with Gasteiger partial charge >= 0.3 is 11.6 Å². The molecule has 3 heterocycles. The summed E-state index contributed by atoms with van der Waals surface area (Å²) in [5.74, 6) is -0.764. The van der Waals surface area contributed by atoms with Crippen molar-refractivity contribution in [3.63, 3.8) is 0 Å². The van der Waals surface area contributed by atoms with E-state index < -0.39 is 17.5 Å². The second kappa shape index (κ2) is 12.2. The minimum atomic E-state index is -0.759. The number of piperidine rings is 1. The maximum Gasteiger partial charge on any atom is 0.349 e. The van der Waals surface area contributed by atoms with Gasteiger partial charge in [-0.25, -0.2) is 9.59 Å². The van der Waals surface area contributed by atoms with Gasteiger partial charge in [-0.1, -0.05) is 0 Å². The van der Waals surface area contributed by atoms with E-state index >= 15 is 0 Å². The first-order chi connectivity index (χ1) is 18.0. The first kappa shape index (κ1) is 26.0. The Balaban J connectivity index is 1.26. The first-order valence-corrected chi connectivity index (χ1v) is 12.8. The third-order valence-corrected chi connectivity index (χ3v) is 7.03. The summed E-state index contributed by atoms with van der Waals surface area (Å²) in [6, 6.07) is 12.2. The van der Waals surface area contributed by atoms with Crippen LogP contribution in [0.25, 0.3) is 17.0 Å². The number of nitriles is 1. The highest BCUT2D eigenvalue weighted by molar-refractivity contribution is 7.17. The largest absolute Gasteiger partial charge is 0.497 e. The molecule has 0 bridgehead atoms. The third-order valence-electron chi connectivity index (χ3n) is 5.93. The van der Waals surface area contributed by atoms with Gasteiger partial charge in [-0.05, 0) is 62.1 Å². The smallest absolute Gasteiger partial charge is 0.349 e. The molecule has 3 aromatic rings. The van der Waals surface area contributed by atoms with Gasteiger partial charge in [0.25, 0.3) is 5.91 Å². The second-order valence-electron chi connectivity index (χ2n) is 8.49. The lowest BCUT2D eigenvalue weighted by Gasteiger charge is -2.27. The second-order valence-corrected chi connectivity index (χ2v) is 9.58. The monoisotopic (exact) mass is 521 g/mol. The minimum absolute atomic E-state index is 0.00766. The Kier molecular flexibility index (Phi) is 8.59. The molecule has 2 aromatic heterocycles. The van der Waals surface area contributed by atoms with Gasteiger partial charge in [0, 0.05) is 36.0 Å². The number of thiophene rings is 1. The third kappa shape index (κ3) is 6.57. The molecule has 37 heavy (non-hydrogen) atoms. The molecule has 10 heteroatoms. The Morgan fingerprint density at radius 3 is 2.76 bits per heavy atom. The number of nitrogens with one attached hydrogen (secondary N) is 1. The molecule has 9 nitrogen and oxygen atoms in total. The maximum absolute atomic E-state index is 12.4. The van der Waals surface area contributed by atoms with E-state index in [0.717, 1.165) is 23.0 Å². The van der Waals surface area contributed by atoms with Crippen molar-refractivity contribution in [1.29, 1.82) is 5.26 Å². The summed E-state index contributed by atoms with van der Waals surface area (Å²) in [7, 11) is 1.51. The summed E-state index contributed by atoms with van der Waals surface area (Å²) in [6.07, 6.45) is 5.44. The molecule has 0 spiro atoms. The van der Waals surface area contributed by atoms with Crippen LogP contribution < -0.4 is 20.6 Å². The number of amides is 1. The predicted octanol–water partition coefficient (Wildman–Crippen LogP) is 4.12. The highest BCUT2D eigenvalue weighted by Gasteiger charge is 2.16. The number of methoxy groups -OCH3 is 1. The van der Waals surface area contributed by atoms with Crippen LogP contribution in [0.4, 0.5) is 5.00 Å². The fourth-order valence-electron chi connectivity index (χ4n) is 3.97. The molecule has 0 saturated carbocycles. The van der Waals surface area contributed by atoms with Gasteiger partial charge in [0.2, 0.25) is 0 Å². The molecular formula is C27H27N3O6S. The molecule has 1 N–H and O–H groups in total. The molecule has 1 aromatic carbocycles. The van der Waals surface area contributed by atoms with Gasteiger partial charge in [0.05, 0.1) is 18.7 Å². The van der Waals surface area contributed by atoms with E-state index in [1.165, 1.54) is 38.5 Å². The number of ether oxygens (including phenoxy) is 2. The standard InChI is InChI=1S/C27H27N3O6S/c1-34-20-7-6-18-15-22(27(33)36-23(18)16-20)25(31)29-10-5-13-35-26(32)19(17-28)14-21-8-9-24(37-21)30-11-3-2-4-12-30/h6-9,14-16H,2-5,10-13H2,1H3,(H,29,31)/b19-14+. The van der Waals surface area contributed by atoms with Crippen LogP contribution in [-0.2, 0) is 9.53 Å². The molecule has 0 atom stereocenters. The predicted molar refractivity (Wildman–Crippen MR) is 141 cm³/mol. The number of nitrogens with zero attached hydrogens (tertiary/aromatic N) is 2. The Morgan fingerprint density at radius 1 is 1.19 bits per heavy atom. The van der Waals surface area contributed by atoms with Crippen molar-refractivity contribution < 1.29 is 23.5 Å². The lowest BCUT2D eigenvalue weighted by Crippen LogP contribution is -2.29. The Labute approximate surface area is 217 Å². The number of rotatable bonds is 9. The molecule has 1 amide bonds. The Bertz CT molecular complexity index is 1410. The number of esters is 1. The van der Waals surface area contributed by atoms with E-state index in [2.05, 4.69) is 10.2 Å². The van der Waals surface area contributed by atoms with Gasteiger partial charge in [-0.3, -0.25) is 4.79 Å². The van der Waals surface area contributed by atoms with E-state index in [1.807, 2.05) is 18.2 Å². The van der Waals surface area contributed by atoms with Gasteiger partial charge in [-0.2, -0.15) is 5.26 Å². The van der Waals surface area contributed by atoms with Gasteiger partial charge in [-0.15, -0.1) is 11.3 Å². The first-order valence-electron chi connectivity index (χ1n) is 12.0. The average Bonchev–Trinajstić information content (AvgIpc) is 3.39. The van der Waals surface area contributed by atoms with Crippen LogP contribution in [0.2, 0.25) is 0 Å². The zero-order chi connectivity index (χ0) is 26.2. The van der Waals surface area contributed by atoms with Crippen LogP contribution in [0.5, 0.6) is 5.75 Å². The maximum atomic E-state index is 12.4. The van der Waals surface area contributed by atoms with Crippen LogP contribution in [0.1, 0.15) is 40.9 Å². The number of benzene rings is 1. The fraction of sp³-hybridized carbons (Fsp3) is 0.333. The van der Waals surface area contributed by atoms with E-state index in [9.17, 15) is 19.6 Å². The molecule has 0 aliphatic carbocycles.